The van der Waals surface area contributed by atoms with Gasteiger partial charge in [-0.25, -0.2) is 13.1 Å². The van der Waals surface area contributed by atoms with Gasteiger partial charge in [0, 0.05) is 31.3 Å². The number of halogens is 1. The summed E-state index contributed by atoms with van der Waals surface area (Å²) < 4.78 is 31.6. The first-order valence-electron chi connectivity index (χ1n) is 8.37. The monoisotopic (exact) mass is 410 g/mol. The van der Waals surface area contributed by atoms with Gasteiger partial charge in [-0.15, -0.1) is 0 Å². The van der Waals surface area contributed by atoms with Crippen LogP contribution >= 0.6 is 11.6 Å². The highest BCUT2D eigenvalue weighted by Crippen LogP contribution is 2.23. The molecule has 0 saturated heterocycles. The minimum absolute atomic E-state index is 0.101. The minimum atomic E-state index is -3.63. The first kappa shape index (κ1) is 21.4. The number of benzene rings is 2. The van der Waals surface area contributed by atoms with Crippen molar-refractivity contribution in [1.29, 1.82) is 0 Å². The second-order valence-electron chi connectivity index (χ2n) is 6.06. The molecule has 2 aromatic carbocycles. The first-order chi connectivity index (χ1) is 12.8. The molecule has 6 nitrogen and oxygen atoms in total. The third kappa shape index (κ3) is 5.52. The van der Waals surface area contributed by atoms with Gasteiger partial charge in [-0.3, -0.25) is 4.79 Å². The highest BCUT2D eigenvalue weighted by Gasteiger charge is 2.20. The Bertz CT molecular complexity index is 868. The summed E-state index contributed by atoms with van der Waals surface area (Å²) in [6.45, 7) is 2.38. The van der Waals surface area contributed by atoms with E-state index in [4.69, 9.17) is 16.3 Å². The van der Waals surface area contributed by atoms with Gasteiger partial charge in [0.15, 0.2) is 0 Å². The fourth-order valence-electron chi connectivity index (χ4n) is 2.48. The third-order valence-electron chi connectivity index (χ3n) is 4.26. The lowest BCUT2D eigenvalue weighted by molar-refractivity contribution is 0.0742. The van der Waals surface area contributed by atoms with Crippen LogP contribution in [0.4, 0.5) is 0 Å². The Balaban J connectivity index is 2.11. The lowest BCUT2D eigenvalue weighted by Crippen LogP contribution is -2.30. The summed E-state index contributed by atoms with van der Waals surface area (Å²) >= 11 is 5.90. The summed E-state index contributed by atoms with van der Waals surface area (Å²) in [4.78, 5) is 14.4. The molecule has 0 aliphatic carbocycles. The Hall–Kier alpha value is -1.93. The van der Waals surface area contributed by atoms with E-state index >= 15 is 0 Å². The van der Waals surface area contributed by atoms with Crippen LogP contribution in [0.2, 0.25) is 5.02 Å². The molecular weight excluding hydrogens is 388 g/mol. The number of nitrogens with one attached hydrogen (secondary N) is 1. The molecule has 0 saturated carbocycles. The Morgan fingerprint density at radius 3 is 2.30 bits per heavy atom. The molecular formula is C19H23ClN2O4S. The summed E-state index contributed by atoms with van der Waals surface area (Å²) in [6.07, 6.45) is 0. The van der Waals surface area contributed by atoms with Crippen molar-refractivity contribution in [2.24, 2.45) is 0 Å². The number of ether oxygens (including phenoxy) is 1. The van der Waals surface area contributed by atoms with Crippen LogP contribution in [0.25, 0.3) is 0 Å². The summed E-state index contributed by atoms with van der Waals surface area (Å²) in [7, 11) is -0.423. The van der Waals surface area contributed by atoms with Gasteiger partial charge in [-0.2, -0.15) is 0 Å². The van der Waals surface area contributed by atoms with Crippen molar-refractivity contribution in [3.63, 3.8) is 0 Å². The number of carbonyl (C=O) groups excluding carboxylic acids is 1. The Morgan fingerprint density at radius 1 is 1.15 bits per heavy atom. The largest absolute Gasteiger partial charge is 0.383 e. The van der Waals surface area contributed by atoms with Crippen LogP contribution in [0.15, 0.2) is 53.4 Å². The van der Waals surface area contributed by atoms with Crippen molar-refractivity contribution in [3.8, 4) is 0 Å². The maximum atomic E-state index is 12.7. The van der Waals surface area contributed by atoms with Crippen LogP contribution in [-0.4, -0.2) is 46.5 Å². The molecule has 0 aliphatic rings. The van der Waals surface area contributed by atoms with E-state index in [0.29, 0.717) is 10.6 Å². The molecule has 2 aromatic rings. The van der Waals surface area contributed by atoms with Crippen molar-refractivity contribution in [1.82, 2.24) is 9.62 Å². The van der Waals surface area contributed by atoms with Crippen LogP contribution in [-0.2, 0) is 14.8 Å². The molecule has 0 aromatic heterocycles. The van der Waals surface area contributed by atoms with Crippen LogP contribution < -0.4 is 4.72 Å². The predicted molar refractivity (Wildman–Crippen MR) is 105 cm³/mol. The van der Waals surface area contributed by atoms with Crippen LogP contribution in [0.5, 0.6) is 0 Å². The predicted octanol–water partition coefficient (Wildman–Crippen LogP) is 3.10. The molecule has 0 bridgehead atoms. The number of hydrogen-bond acceptors (Lipinski definition) is 4. The summed E-state index contributed by atoms with van der Waals surface area (Å²) in [6, 6.07) is 13.0. The van der Waals surface area contributed by atoms with E-state index in [1.54, 1.807) is 24.1 Å². The highest BCUT2D eigenvalue weighted by atomic mass is 35.5. The van der Waals surface area contributed by atoms with Crippen molar-refractivity contribution in [2.75, 3.05) is 27.3 Å². The van der Waals surface area contributed by atoms with E-state index < -0.39 is 10.0 Å². The zero-order valence-electron chi connectivity index (χ0n) is 15.5. The Morgan fingerprint density at radius 2 is 1.74 bits per heavy atom. The van der Waals surface area contributed by atoms with Gasteiger partial charge in [0.25, 0.3) is 5.91 Å². The number of carbonyl (C=O) groups is 1. The molecule has 8 heteroatoms. The van der Waals surface area contributed by atoms with Gasteiger partial charge < -0.3 is 9.64 Å². The highest BCUT2D eigenvalue weighted by molar-refractivity contribution is 7.89. The van der Waals surface area contributed by atoms with Crippen molar-refractivity contribution < 1.29 is 17.9 Å². The average Bonchev–Trinajstić information content (AvgIpc) is 2.67. The van der Waals surface area contributed by atoms with E-state index in [1.165, 1.54) is 31.4 Å². The van der Waals surface area contributed by atoms with Crippen LogP contribution in [0.1, 0.15) is 28.9 Å². The first-order valence-corrected chi connectivity index (χ1v) is 10.2. The third-order valence-corrected chi connectivity index (χ3v) is 5.99. The normalized spacial score (nSPS) is 12.6. The number of amides is 1. The van der Waals surface area contributed by atoms with Gasteiger partial charge in [-0.05, 0) is 48.9 Å². The van der Waals surface area contributed by atoms with E-state index in [9.17, 15) is 13.2 Å². The second-order valence-corrected chi connectivity index (χ2v) is 8.26. The molecule has 0 heterocycles. The molecule has 27 heavy (non-hydrogen) atoms. The van der Waals surface area contributed by atoms with Gasteiger partial charge in [0.05, 0.1) is 17.5 Å². The smallest absolute Gasteiger partial charge is 0.254 e. The SMILES string of the molecule is COCCNS(=O)(=O)c1ccc(C(=O)N(C)C(C)c2ccc(Cl)cc2)cc1. The Labute approximate surface area is 165 Å². The second kappa shape index (κ2) is 9.32. The van der Waals surface area contributed by atoms with Crippen LogP contribution in [0.3, 0.4) is 0 Å². The van der Waals surface area contributed by atoms with Gasteiger partial charge >= 0.3 is 0 Å². The molecule has 1 amide bonds. The van der Waals surface area contributed by atoms with E-state index in [0.717, 1.165) is 5.56 Å². The summed E-state index contributed by atoms with van der Waals surface area (Å²) in [5.41, 5.74) is 1.37. The maximum absolute atomic E-state index is 12.7. The van der Waals surface area contributed by atoms with Gasteiger partial charge in [-0.1, -0.05) is 23.7 Å². The maximum Gasteiger partial charge on any atom is 0.254 e. The zero-order valence-corrected chi connectivity index (χ0v) is 17.0. The molecule has 1 atom stereocenters. The number of sulfonamides is 1. The fourth-order valence-corrected chi connectivity index (χ4v) is 3.62. The summed E-state index contributed by atoms with van der Waals surface area (Å²) in [5.74, 6) is -0.200. The quantitative estimate of drug-likeness (QED) is 0.678. The lowest BCUT2D eigenvalue weighted by atomic mass is 10.1. The number of nitrogens with zero attached hydrogens (tertiary/aromatic N) is 1. The molecule has 1 unspecified atom stereocenters. The summed E-state index contributed by atoms with van der Waals surface area (Å²) in [5, 5.41) is 0.635. The molecule has 0 fully saturated rings. The molecule has 0 radical (unpaired) electrons. The molecule has 1 N–H and O–H groups in total. The van der Waals surface area contributed by atoms with E-state index in [1.807, 2.05) is 19.1 Å². The van der Waals surface area contributed by atoms with E-state index in [-0.39, 0.29) is 30.0 Å². The molecule has 2 rings (SSSR count). The average molecular weight is 411 g/mol. The minimum Gasteiger partial charge on any atom is -0.383 e. The van der Waals surface area contributed by atoms with E-state index in [2.05, 4.69) is 4.72 Å². The molecule has 0 aliphatic heterocycles. The number of rotatable bonds is 8. The van der Waals surface area contributed by atoms with Crippen molar-refractivity contribution >= 4 is 27.5 Å². The number of methoxy groups -OCH3 is 1. The fraction of sp³-hybridized carbons (Fsp3) is 0.316. The van der Waals surface area contributed by atoms with Crippen molar-refractivity contribution in [2.45, 2.75) is 17.9 Å². The molecule has 0 spiro atoms. The van der Waals surface area contributed by atoms with Crippen LogP contribution in [0, 0.1) is 0 Å². The van der Waals surface area contributed by atoms with Gasteiger partial charge in [0.2, 0.25) is 10.0 Å². The lowest BCUT2D eigenvalue weighted by Gasteiger charge is -2.25. The standard InChI is InChI=1S/C19H23ClN2O4S/c1-14(15-4-8-17(20)9-5-15)22(2)19(23)16-6-10-18(11-7-16)27(24,25)21-12-13-26-3/h4-11,14,21H,12-13H2,1-3H3. The van der Waals surface area contributed by atoms with Crippen molar-refractivity contribution in [3.05, 3.63) is 64.7 Å². The number of hydrogen-bond donors (Lipinski definition) is 1. The zero-order chi connectivity index (χ0) is 20.0. The topological polar surface area (TPSA) is 75.7 Å². The van der Waals surface area contributed by atoms with Gasteiger partial charge in [0.1, 0.15) is 0 Å². The molecule has 146 valence electrons. The Kier molecular flexibility index (Phi) is 7.38.